The van der Waals surface area contributed by atoms with E-state index in [1.54, 1.807) is 16.2 Å². The van der Waals surface area contributed by atoms with E-state index in [1.807, 2.05) is 16.8 Å². The van der Waals surface area contributed by atoms with Crippen molar-refractivity contribution >= 4 is 28.8 Å². The van der Waals surface area contributed by atoms with Gasteiger partial charge in [0.15, 0.2) is 0 Å². The van der Waals surface area contributed by atoms with E-state index in [-0.39, 0.29) is 11.5 Å². The van der Waals surface area contributed by atoms with Gasteiger partial charge >= 0.3 is 0 Å². The molecule has 1 amide bonds. The summed E-state index contributed by atoms with van der Waals surface area (Å²) in [4.78, 5) is 28.6. The van der Waals surface area contributed by atoms with Gasteiger partial charge in [0.2, 0.25) is 0 Å². The largest absolute Gasteiger partial charge is 0.334 e. The zero-order valence-electron chi connectivity index (χ0n) is 11.8. The summed E-state index contributed by atoms with van der Waals surface area (Å²) in [6.07, 6.45) is 3.27. The van der Waals surface area contributed by atoms with E-state index >= 15 is 0 Å². The van der Waals surface area contributed by atoms with Crippen LogP contribution in [0.15, 0.2) is 33.9 Å². The number of carbonyl (C=O) groups is 1. The Bertz CT molecular complexity index is 652. The van der Waals surface area contributed by atoms with Crippen LogP contribution in [0.3, 0.4) is 0 Å². The van der Waals surface area contributed by atoms with Crippen LogP contribution in [0.2, 0.25) is 5.02 Å². The highest BCUT2D eigenvalue weighted by atomic mass is 35.5. The van der Waals surface area contributed by atoms with Gasteiger partial charge in [-0.05, 0) is 34.9 Å². The third-order valence-electron chi connectivity index (χ3n) is 3.12. The highest BCUT2D eigenvalue weighted by molar-refractivity contribution is 7.07. The Balaban J connectivity index is 2.24. The highest BCUT2D eigenvalue weighted by Crippen LogP contribution is 2.14. The van der Waals surface area contributed by atoms with E-state index < -0.39 is 5.56 Å². The number of H-pyrrole nitrogens is 1. The molecule has 1 N–H and O–H groups in total. The Morgan fingerprint density at radius 3 is 2.95 bits per heavy atom. The van der Waals surface area contributed by atoms with Crippen LogP contribution in [0.5, 0.6) is 0 Å². The van der Waals surface area contributed by atoms with Crippen LogP contribution < -0.4 is 5.56 Å². The maximum absolute atomic E-state index is 12.6. The lowest BCUT2D eigenvalue weighted by atomic mass is 10.2. The van der Waals surface area contributed by atoms with Crippen LogP contribution in [-0.2, 0) is 6.54 Å². The SMILES string of the molecule is CCCCN(Cc1ccsc1)C(=O)c1cc(Cl)c[nH]c1=O. The summed E-state index contributed by atoms with van der Waals surface area (Å²) < 4.78 is 0. The predicted octanol–water partition coefficient (Wildman–Crippen LogP) is 3.53. The van der Waals surface area contributed by atoms with Crippen molar-refractivity contribution in [2.45, 2.75) is 26.3 Å². The fraction of sp³-hybridized carbons (Fsp3) is 0.333. The average molecular weight is 325 g/mol. The van der Waals surface area contributed by atoms with Crippen molar-refractivity contribution < 1.29 is 4.79 Å². The zero-order valence-corrected chi connectivity index (χ0v) is 13.3. The Kier molecular flexibility index (Phi) is 5.59. The number of rotatable bonds is 6. The second kappa shape index (κ2) is 7.43. The van der Waals surface area contributed by atoms with Gasteiger partial charge in [-0.1, -0.05) is 24.9 Å². The van der Waals surface area contributed by atoms with Crippen molar-refractivity contribution in [1.82, 2.24) is 9.88 Å². The zero-order chi connectivity index (χ0) is 15.2. The molecule has 0 radical (unpaired) electrons. The third kappa shape index (κ3) is 4.19. The summed E-state index contributed by atoms with van der Waals surface area (Å²) in [7, 11) is 0. The summed E-state index contributed by atoms with van der Waals surface area (Å²) in [5.74, 6) is -0.279. The molecule has 0 fully saturated rings. The number of hydrogen-bond donors (Lipinski definition) is 1. The van der Waals surface area contributed by atoms with E-state index in [0.717, 1.165) is 18.4 Å². The molecule has 0 unspecified atom stereocenters. The van der Waals surface area contributed by atoms with E-state index in [9.17, 15) is 9.59 Å². The topological polar surface area (TPSA) is 53.2 Å². The maximum Gasteiger partial charge on any atom is 0.260 e. The number of carbonyl (C=O) groups excluding carboxylic acids is 1. The molecule has 6 heteroatoms. The van der Waals surface area contributed by atoms with E-state index in [1.165, 1.54) is 12.3 Å². The van der Waals surface area contributed by atoms with E-state index in [0.29, 0.717) is 18.1 Å². The van der Waals surface area contributed by atoms with Crippen LogP contribution in [0.4, 0.5) is 0 Å². The van der Waals surface area contributed by atoms with Gasteiger partial charge in [-0.2, -0.15) is 11.3 Å². The molecule has 0 bridgehead atoms. The van der Waals surface area contributed by atoms with Gasteiger partial charge in [-0.3, -0.25) is 9.59 Å². The molecule has 2 aromatic heterocycles. The van der Waals surface area contributed by atoms with Crippen LogP contribution in [-0.4, -0.2) is 22.3 Å². The quantitative estimate of drug-likeness (QED) is 0.883. The lowest BCUT2D eigenvalue weighted by Crippen LogP contribution is -2.35. The molecule has 0 atom stereocenters. The molecular weight excluding hydrogens is 308 g/mol. The van der Waals surface area contributed by atoms with Gasteiger partial charge in [0.25, 0.3) is 11.5 Å². The number of aromatic amines is 1. The minimum Gasteiger partial charge on any atom is -0.334 e. The Morgan fingerprint density at radius 1 is 1.48 bits per heavy atom. The first kappa shape index (κ1) is 15.8. The van der Waals surface area contributed by atoms with Crippen molar-refractivity contribution in [3.63, 3.8) is 0 Å². The Hall–Kier alpha value is -1.59. The molecular formula is C15H17ClN2O2S. The standard InChI is InChI=1S/C15H17ClN2O2S/c1-2-3-5-18(9-11-4-6-21-10-11)15(20)13-7-12(16)8-17-14(13)19/h4,6-8,10H,2-3,5,9H2,1H3,(H,17,19). The fourth-order valence-electron chi connectivity index (χ4n) is 1.99. The van der Waals surface area contributed by atoms with Gasteiger partial charge in [0, 0.05) is 19.3 Å². The number of pyridine rings is 1. The van der Waals surface area contributed by atoms with Crippen molar-refractivity contribution in [3.05, 3.63) is 55.6 Å². The fourth-order valence-corrected chi connectivity index (χ4v) is 2.81. The lowest BCUT2D eigenvalue weighted by molar-refractivity contribution is 0.0739. The molecule has 0 aromatic carbocycles. The number of nitrogens with zero attached hydrogens (tertiary/aromatic N) is 1. The number of halogens is 1. The molecule has 0 spiro atoms. The molecule has 0 saturated carbocycles. The third-order valence-corrected chi connectivity index (χ3v) is 4.07. The molecule has 2 heterocycles. The summed E-state index contributed by atoms with van der Waals surface area (Å²) >= 11 is 7.47. The molecule has 2 aromatic rings. The number of thiophene rings is 1. The van der Waals surface area contributed by atoms with Gasteiger partial charge in [0.05, 0.1) is 5.02 Å². The van der Waals surface area contributed by atoms with E-state index in [4.69, 9.17) is 11.6 Å². The summed E-state index contributed by atoms with van der Waals surface area (Å²) in [5, 5.41) is 4.34. The van der Waals surface area contributed by atoms with Crippen molar-refractivity contribution in [3.8, 4) is 0 Å². The second-order valence-electron chi connectivity index (χ2n) is 4.77. The summed E-state index contributed by atoms with van der Waals surface area (Å²) in [5.41, 5.74) is 0.757. The van der Waals surface area contributed by atoms with Gasteiger partial charge < -0.3 is 9.88 Å². The number of hydrogen-bond acceptors (Lipinski definition) is 3. The lowest BCUT2D eigenvalue weighted by Gasteiger charge is -2.22. The van der Waals surface area contributed by atoms with Gasteiger partial charge in [-0.15, -0.1) is 0 Å². The van der Waals surface area contributed by atoms with Gasteiger partial charge in [0.1, 0.15) is 5.56 Å². The predicted molar refractivity (Wildman–Crippen MR) is 86.0 cm³/mol. The maximum atomic E-state index is 12.6. The first-order valence-electron chi connectivity index (χ1n) is 6.80. The van der Waals surface area contributed by atoms with Crippen molar-refractivity contribution in [2.24, 2.45) is 0 Å². The molecule has 2 rings (SSSR count). The van der Waals surface area contributed by atoms with Crippen LogP contribution >= 0.6 is 22.9 Å². The first-order chi connectivity index (χ1) is 10.1. The van der Waals surface area contributed by atoms with Crippen LogP contribution in [0.1, 0.15) is 35.7 Å². The van der Waals surface area contributed by atoms with Gasteiger partial charge in [-0.25, -0.2) is 0 Å². The van der Waals surface area contributed by atoms with Crippen LogP contribution in [0.25, 0.3) is 0 Å². The number of unbranched alkanes of at least 4 members (excludes halogenated alkanes) is 1. The average Bonchev–Trinajstić information content (AvgIpc) is 2.98. The highest BCUT2D eigenvalue weighted by Gasteiger charge is 2.19. The minimum atomic E-state index is -0.406. The normalized spacial score (nSPS) is 10.6. The minimum absolute atomic E-state index is 0.0915. The summed E-state index contributed by atoms with van der Waals surface area (Å²) in [6.45, 7) is 3.20. The second-order valence-corrected chi connectivity index (χ2v) is 5.99. The van der Waals surface area contributed by atoms with E-state index in [2.05, 4.69) is 11.9 Å². The van der Waals surface area contributed by atoms with Crippen molar-refractivity contribution in [1.29, 1.82) is 0 Å². The van der Waals surface area contributed by atoms with Crippen LogP contribution in [0, 0.1) is 0 Å². The number of nitrogens with one attached hydrogen (secondary N) is 1. The molecule has 4 nitrogen and oxygen atoms in total. The number of amides is 1. The molecule has 0 aliphatic heterocycles. The molecule has 0 aliphatic carbocycles. The molecule has 21 heavy (non-hydrogen) atoms. The Labute approximate surface area is 132 Å². The Morgan fingerprint density at radius 2 is 2.29 bits per heavy atom. The molecule has 0 saturated heterocycles. The molecule has 0 aliphatic rings. The number of aromatic nitrogens is 1. The van der Waals surface area contributed by atoms with Crippen molar-refractivity contribution in [2.75, 3.05) is 6.54 Å². The smallest absolute Gasteiger partial charge is 0.260 e. The first-order valence-corrected chi connectivity index (χ1v) is 8.12. The summed E-state index contributed by atoms with van der Waals surface area (Å²) in [6, 6.07) is 3.41. The monoisotopic (exact) mass is 324 g/mol. The molecule has 112 valence electrons.